The number of hydrogen-bond acceptors (Lipinski definition) is 3. The Labute approximate surface area is 146 Å². The molecular weight excluding hydrogens is 321 g/mol. The molecule has 2 bridgehead atoms. The summed E-state index contributed by atoms with van der Waals surface area (Å²) in [6, 6.07) is 0.104. The van der Waals surface area contributed by atoms with Gasteiger partial charge in [0.05, 0.1) is 5.92 Å². The van der Waals surface area contributed by atoms with E-state index in [2.05, 4.69) is 24.3 Å². The maximum absolute atomic E-state index is 12.6. The van der Waals surface area contributed by atoms with E-state index in [1.165, 1.54) is 44.9 Å². The monoisotopic (exact) mass is 351 g/mol. The fraction of sp³-hybridized carbons (Fsp3) is 0.938. The van der Waals surface area contributed by atoms with Crippen LogP contribution in [-0.4, -0.2) is 43.0 Å². The van der Waals surface area contributed by atoms with Crippen LogP contribution in [0.2, 0.25) is 0 Å². The molecule has 3 rings (SSSR count). The Bertz CT molecular complexity index is 384. The second-order valence-corrected chi connectivity index (χ2v) is 7.48. The molecule has 0 heterocycles. The van der Waals surface area contributed by atoms with Gasteiger partial charge in [0.2, 0.25) is 5.91 Å². The SMILES string of the molecule is CN(C)C1(CNC(=O)C2C3CCC(C3)C2N)CCCC1.Cl.Cl. The van der Waals surface area contributed by atoms with Crippen LogP contribution in [0.4, 0.5) is 0 Å². The summed E-state index contributed by atoms with van der Waals surface area (Å²) in [6.07, 6.45) is 8.57. The minimum Gasteiger partial charge on any atom is -0.354 e. The van der Waals surface area contributed by atoms with Gasteiger partial charge >= 0.3 is 0 Å². The standard InChI is InChI=1S/C16H29N3O.2ClH/c1-19(2)16(7-3-4-8-16)10-18-15(20)13-11-5-6-12(9-11)14(13)17;;/h11-14H,3-10,17H2,1-2H3,(H,18,20);2*1H. The number of rotatable bonds is 4. The van der Waals surface area contributed by atoms with Crippen molar-refractivity contribution in [2.75, 3.05) is 20.6 Å². The number of likely N-dealkylation sites (N-methyl/N-ethyl adjacent to an activating group) is 1. The molecule has 0 aromatic carbocycles. The lowest BCUT2D eigenvalue weighted by atomic mass is 9.84. The van der Waals surface area contributed by atoms with E-state index in [0.29, 0.717) is 11.8 Å². The highest BCUT2D eigenvalue weighted by atomic mass is 35.5. The Kier molecular flexibility index (Phi) is 7.00. The third-order valence-electron chi connectivity index (χ3n) is 6.36. The summed E-state index contributed by atoms with van der Waals surface area (Å²) in [5.41, 5.74) is 6.45. The molecule has 4 unspecified atom stereocenters. The fourth-order valence-electron chi connectivity index (χ4n) is 4.91. The number of fused-ring (bicyclic) bond motifs is 2. The molecule has 4 atom stereocenters. The van der Waals surface area contributed by atoms with Crippen LogP contribution < -0.4 is 11.1 Å². The van der Waals surface area contributed by atoms with Crippen LogP contribution >= 0.6 is 24.8 Å². The van der Waals surface area contributed by atoms with Crippen molar-refractivity contribution in [2.45, 2.75) is 56.5 Å². The number of hydrogen-bond donors (Lipinski definition) is 2. The molecule has 0 aliphatic heterocycles. The molecule has 0 saturated heterocycles. The molecule has 0 aromatic heterocycles. The fourth-order valence-corrected chi connectivity index (χ4v) is 4.91. The number of carbonyl (C=O) groups is 1. The van der Waals surface area contributed by atoms with Crippen LogP contribution in [0, 0.1) is 17.8 Å². The summed E-state index contributed by atoms with van der Waals surface area (Å²) >= 11 is 0. The molecule has 1 amide bonds. The van der Waals surface area contributed by atoms with Crippen molar-refractivity contribution in [3.63, 3.8) is 0 Å². The first-order valence-electron chi connectivity index (χ1n) is 8.24. The Hall–Kier alpha value is -0.0300. The van der Waals surface area contributed by atoms with Crippen molar-refractivity contribution in [3.8, 4) is 0 Å². The number of nitrogens with zero attached hydrogens (tertiary/aromatic N) is 1. The van der Waals surface area contributed by atoms with Crippen molar-refractivity contribution in [1.82, 2.24) is 10.2 Å². The Morgan fingerprint density at radius 3 is 2.27 bits per heavy atom. The number of halogens is 2. The van der Waals surface area contributed by atoms with Gasteiger partial charge in [-0.05, 0) is 58.0 Å². The van der Waals surface area contributed by atoms with Crippen LogP contribution in [0.5, 0.6) is 0 Å². The number of amides is 1. The van der Waals surface area contributed by atoms with E-state index < -0.39 is 0 Å². The van der Waals surface area contributed by atoms with E-state index >= 15 is 0 Å². The van der Waals surface area contributed by atoms with Crippen molar-refractivity contribution in [3.05, 3.63) is 0 Å². The maximum atomic E-state index is 12.6. The first kappa shape index (κ1) is 20.0. The van der Waals surface area contributed by atoms with E-state index in [1.807, 2.05) is 0 Å². The lowest BCUT2D eigenvalue weighted by Crippen LogP contribution is -2.53. The second-order valence-electron chi connectivity index (χ2n) is 7.48. The Balaban J connectivity index is 0.00000121. The van der Waals surface area contributed by atoms with Crippen LogP contribution in [0.3, 0.4) is 0 Å². The third-order valence-corrected chi connectivity index (χ3v) is 6.36. The first-order valence-corrected chi connectivity index (χ1v) is 8.24. The highest BCUT2D eigenvalue weighted by molar-refractivity contribution is 5.85. The zero-order valence-electron chi connectivity index (χ0n) is 13.7. The molecule has 22 heavy (non-hydrogen) atoms. The van der Waals surface area contributed by atoms with Gasteiger partial charge in [-0.25, -0.2) is 0 Å². The molecule has 6 heteroatoms. The lowest BCUT2D eigenvalue weighted by Gasteiger charge is -2.37. The lowest BCUT2D eigenvalue weighted by molar-refractivity contribution is -0.127. The Morgan fingerprint density at radius 1 is 1.18 bits per heavy atom. The summed E-state index contributed by atoms with van der Waals surface area (Å²) < 4.78 is 0. The second kappa shape index (κ2) is 7.69. The highest BCUT2D eigenvalue weighted by Gasteiger charge is 2.49. The van der Waals surface area contributed by atoms with Gasteiger partial charge < -0.3 is 16.0 Å². The van der Waals surface area contributed by atoms with Gasteiger partial charge in [-0.3, -0.25) is 4.79 Å². The smallest absolute Gasteiger partial charge is 0.225 e. The molecule has 3 N–H and O–H groups in total. The van der Waals surface area contributed by atoms with E-state index in [1.54, 1.807) is 0 Å². The first-order chi connectivity index (χ1) is 9.53. The average molecular weight is 352 g/mol. The maximum Gasteiger partial charge on any atom is 0.225 e. The number of carbonyl (C=O) groups excluding carboxylic acids is 1. The highest BCUT2D eigenvalue weighted by Crippen LogP contribution is 2.47. The molecule has 3 saturated carbocycles. The summed E-state index contributed by atoms with van der Waals surface area (Å²) in [6.45, 7) is 0.791. The van der Waals surface area contributed by atoms with Gasteiger partial charge in [0.1, 0.15) is 0 Å². The van der Waals surface area contributed by atoms with E-state index in [9.17, 15) is 4.79 Å². The minimum absolute atomic E-state index is 0. The zero-order chi connectivity index (χ0) is 14.3. The Morgan fingerprint density at radius 2 is 1.77 bits per heavy atom. The largest absolute Gasteiger partial charge is 0.354 e. The molecular formula is C16H31Cl2N3O. The van der Waals surface area contributed by atoms with E-state index in [-0.39, 0.29) is 48.2 Å². The van der Waals surface area contributed by atoms with Crippen LogP contribution in [0.25, 0.3) is 0 Å². The van der Waals surface area contributed by atoms with E-state index in [4.69, 9.17) is 5.73 Å². The summed E-state index contributed by atoms with van der Waals surface area (Å²) in [4.78, 5) is 14.9. The van der Waals surface area contributed by atoms with Crippen LogP contribution in [0.15, 0.2) is 0 Å². The molecule has 0 aromatic rings. The average Bonchev–Trinajstić information content (AvgIpc) is 3.12. The van der Waals surface area contributed by atoms with Gasteiger partial charge in [-0.1, -0.05) is 12.8 Å². The predicted molar refractivity (Wildman–Crippen MR) is 94.7 cm³/mol. The van der Waals surface area contributed by atoms with Gasteiger partial charge in [0, 0.05) is 18.1 Å². The molecule has 130 valence electrons. The minimum atomic E-state index is 0. The molecule has 4 nitrogen and oxygen atoms in total. The molecule has 3 fully saturated rings. The summed E-state index contributed by atoms with van der Waals surface area (Å²) in [5, 5.41) is 3.24. The van der Waals surface area contributed by atoms with Gasteiger partial charge in [-0.2, -0.15) is 0 Å². The molecule has 3 aliphatic carbocycles. The van der Waals surface area contributed by atoms with Crippen LogP contribution in [0.1, 0.15) is 44.9 Å². The van der Waals surface area contributed by atoms with Gasteiger partial charge in [0.25, 0.3) is 0 Å². The quantitative estimate of drug-likeness (QED) is 0.816. The van der Waals surface area contributed by atoms with Crippen molar-refractivity contribution < 1.29 is 4.79 Å². The number of nitrogens with two attached hydrogens (primary N) is 1. The zero-order valence-corrected chi connectivity index (χ0v) is 15.3. The van der Waals surface area contributed by atoms with Crippen molar-refractivity contribution >= 4 is 30.7 Å². The van der Waals surface area contributed by atoms with Crippen LogP contribution in [-0.2, 0) is 4.79 Å². The van der Waals surface area contributed by atoms with E-state index in [0.717, 1.165) is 6.54 Å². The normalized spacial score (nSPS) is 35.1. The topological polar surface area (TPSA) is 58.4 Å². The van der Waals surface area contributed by atoms with Gasteiger partial charge in [-0.15, -0.1) is 24.8 Å². The molecule has 3 aliphatic rings. The molecule has 0 spiro atoms. The van der Waals surface area contributed by atoms with Crippen molar-refractivity contribution in [2.24, 2.45) is 23.5 Å². The third kappa shape index (κ3) is 3.40. The summed E-state index contributed by atoms with van der Waals surface area (Å²) in [7, 11) is 4.28. The molecule has 0 radical (unpaired) electrons. The predicted octanol–water partition coefficient (Wildman–Crippen LogP) is 2.19. The van der Waals surface area contributed by atoms with Gasteiger partial charge in [0.15, 0.2) is 0 Å². The number of nitrogens with one attached hydrogen (secondary N) is 1. The summed E-state index contributed by atoms with van der Waals surface area (Å²) in [5.74, 6) is 1.45. The van der Waals surface area contributed by atoms with Crippen molar-refractivity contribution in [1.29, 1.82) is 0 Å².